The van der Waals surface area contributed by atoms with E-state index in [0.29, 0.717) is 0 Å². The molecule has 0 spiro atoms. The predicted molar refractivity (Wildman–Crippen MR) is 67.7 cm³/mol. The van der Waals surface area contributed by atoms with Crippen LogP contribution in [0.4, 0.5) is 0 Å². The second-order valence-electron chi connectivity index (χ2n) is 4.29. The lowest BCUT2D eigenvalue weighted by Crippen LogP contribution is -1.98. The molecule has 0 radical (unpaired) electrons. The molecule has 1 aromatic heterocycles. The van der Waals surface area contributed by atoms with E-state index in [4.69, 9.17) is 0 Å². The highest BCUT2D eigenvalue weighted by atomic mass is 16.3. The summed E-state index contributed by atoms with van der Waals surface area (Å²) in [5, 5.41) is 11.3. The highest BCUT2D eigenvalue weighted by Crippen LogP contribution is 2.31. The van der Waals surface area contributed by atoms with Gasteiger partial charge in [-0.3, -0.25) is 0 Å². The van der Waals surface area contributed by atoms with Gasteiger partial charge in [-0.25, -0.2) is 0 Å². The van der Waals surface area contributed by atoms with Gasteiger partial charge in [-0.2, -0.15) is 0 Å². The maximum atomic E-state index is 10.1. The summed E-state index contributed by atoms with van der Waals surface area (Å²) < 4.78 is 0. The van der Waals surface area contributed by atoms with Crippen molar-refractivity contribution < 1.29 is 5.11 Å². The van der Waals surface area contributed by atoms with Crippen molar-refractivity contribution in [1.82, 2.24) is 4.98 Å². The average molecular weight is 217 g/mol. The zero-order chi connectivity index (χ0) is 11.7. The summed E-state index contributed by atoms with van der Waals surface area (Å²) in [6, 6.07) is 6.24. The van der Waals surface area contributed by atoms with Gasteiger partial charge in [0.1, 0.15) is 0 Å². The Morgan fingerprint density at radius 3 is 2.69 bits per heavy atom. The Bertz CT molecular complexity index is 499. The molecule has 0 amide bonds. The minimum absolute atomic E-state index is 0.356. The summed E-state index contributed by atoms with van der Waals surface area (Å²) in [5.74, 6) is 0. The highest BCUT2D eigenvalue weighted by molar-refractivity contribution is 5.87. The smallest absolute Gasteiger partial charge is 0.0810 e. The fraction of sp³-hybridized carbons (Fsp3) is 0.429. The van der Waals surface area contributed by atoms with Crippen LogP contribution in [0.5, 0.6) is 0 Å². The maximum absolute atomic E-state index is 10.1. The van der Waals surface area contributed by atoms with Gasteiger partial charge in [-0.15, -0.1) is 0 Å². The van der Waals surface area contributed by atoms with E-state index in [2.05, 4.69) is 37.0 Å². The molecule has 2 nitrogen and oxygen atoms in total. The number of H-pyrrole nitrogens is 1. The van der Waals surface area contributed by atoms with Crippen LogP contribution in [-0.2, 0) is 6.42 Å². The molecule has 1 atom stereocenters. The number of nitrogens with one attached hydrogen (secondary N) is 1. The third-order valence-electron chi connectivity index (χ3n) is 3.24. The van der Waals surface area contributed by atoms with E-state index in [1.165, 1.54) is 22.2 Å². The first kappa shape index (κ1) is 11.2. The summed E-state index contributed by atoms with van der Waals surface area (Å²) in [6.45, 7) is 6.23. The van der Waals surface area contributed by atoms with Crippen molar-refractivity contribution in [3.63, 3.8) is 0 Å². The lowest BCUT2D eigenvalue weighted by atomic mass is 10.0. The first-order valence-electron chi connectivity index (χ1n) is 5.97. The number of aromatic nitrogens is 1. The third-order valence-corrected chi connectivity index (χ3v) is 3.24. The van der Waals surface area contributed by atoms with Crippen LogP contribution >= 0.6 is 0 Å². The fourth-order valence-corrected chi connectivity index (χ4v) is 2.30. The molecule has 0 aliphatic heterocycles. The van der Waals surface area contributed by atoms with Gasteiger partial charge in [-0.1, -0.05) is 32.0 Å². The van der Waals surface area contributed by atoms with Crippen LogP contribution in [0.2, 0.25) is 0 Å². The molecule has 1 unspecified atom stereocenters. The normalized spacial score (nSPS) is 13.2. The van der Waals surface area contributed by atoms with Crippen LogP contribution in [0.15, 0.2) is 18.2 Å². The van der Waals surface area contributed by atoms with Crippen molar-refractivity contribution in [2.45, 2.75) is 39.7 Å². The van der Waals surface area contributed by atoms with E-state index in [0.717, 1.165) is 18.4 Å². The number of benzene rings is 1. The van der Waals surface area contributed by atoms with Crippen molar-refractivity contribution in [3.8, 4) is 0 Å². The molecule has 2 N–H and O–H groups in total. The number of aryl methyl sites for hydroxylation is 2. The predicted octanol–water partition coefficient (Wildman–Crippen LogP) is 3.48. The Labute approximate surface area is 96.3 Å². The largest absolute Gasteiger partial charge is 0.388 e. The number of fused-ring (bicyclic) bond motifs is 1. The maximum Gasteiger partial charge on any atom is 0.0810 e. The second kappa shape index (κ2) is 4.30. The molecule has 0 aliphatic rings. The molecule has 0 fully saturated rings. The van der Waals surface area contributed by atoms with Crippen LogP contribution in [0.3, 0.4) is 0 Å². The summed E-state index contributed by atoms with van der Waals surface area (Å²) in [5.41, 5.74) is 4.66. The minimum atomic E-state index is -0.356. The van der Waals surface area contributed by atoms with Gasteiger partial charge in [-0.05, 0) is 25.3 Å². The zero-order valence-electron chi connectivity index (χ0n) is 10.2. The first-order chi connectivity index (χ1) is 7.69. The number of aliphatic hydroxyl groups is 1. The molecule has 2 heteroatoms. The van der Waals surface area contributed by atoms with E-state index < -0.39 is 0 Å². The van der Waals surface area contributed by atoms with E-state index in [1.807, 2.05) is 6.92 Å². The molecule has 0 saturated heterocycles. The summed E-state index contributed by atoms with van der Waals surface area (Å²) in [4.78, 5) is 3.44. The summed E-state index contributed by atoms with van der Waals surface area (Å²) >= 11 is 0. The first-order valence-corrected chi connectivity index (χ1v) is 5.97. The summed E-state index contributed by atoms with van der Waals surface area (Å²) in [7, 11) is 0. The zero-order valence-corrected chi connectivity index (χ0v) is 10.2. The van der Waals surface area contributed by atoms with Gasteiger partial charge in [0.2, 0.25) is 0 Å². The SMILES string of the molecule is CCc1[nH]c2c(C)cccc2c1C(O)CC. The Morgan fingerprint density at radius 2 is 2.06 bits per heavy atom. The standard InChI is InChI=1S/C14H19NO/c1-4-11-13(12(16)5-2)10-8-6-7-9(3)14(10)15-11/h6-8,12,15-16H,4-5H2,1-3H3. The van der Waals surface area contributed by atoms with Crippen molar-refractivity contribution in [1.29, 1.82) is 0 Å². The van der Waals surface area contributed by atoms with E-state index in [1.54, 1.807) is 0 Å². The Balaban J connectivity index is 2.73. The average Bonchev–Trinajstić information content (AvgIpc) is 2.68. The van der Waals surface area contributed by atoms with Crippen molar-refractivity contribution in [2.24, 2.45) is 0 Å². The molecule has 0 bridgehead atoms. The number of rotatable bonds is 3. The van der Waals surface area contributed by atoms with Gasteiger partial charge in [0, 0.05) is 22.2 Å². The van der Waals surface area contributed by atoms with Crippen LogP contribution in [0.1, 0.15) is 43.2 Å². The topological polar surface area (TPSA) is 36.0 Å². The number of para-hydroxylation sites is 1. The lowest BCUT2D eigenvalue weighted by molar-refractivity contribution is 0.174. The van der Waals surface area contributed by atoms with Gasteiger partial charge < -0.3 is 10.1 Å². The quantitative estimate of drug-likeness (QED) is 0.811. The van der Waals surface area contributed by atoms with Crippen LogP contribution in [0, 0.1) is 6.92 Å². The monoisotopic (exact) mass is 217 g/mol. The number of hydrogen-bond acceptors (Lipinski definition) is 1. The molecular formula is C14H19NO. The molecular weight excluding hydrogens is 198 g/mol. The van der Waals surface area contributed by atoms with Gasteiger partial charge >= 0.3 is 0 Å². The molecule has 86 valence electrons. The molecule has 0 saturated carbocycles. The highest BCUT2D eigenvalue weighted by Gasteiger charge is 2.16. The van der Waals surface area contributed by atoms with E-state index in [-0.39, 0.29) is 6.10 Å². The van der Waals surface area contributed by atoms with Crippen molar-refractivity contribution in [2.75, 3.05) is 0 Å². The molecule has 0 aliphatic carbocycles. The lowest BCUT2D eigenvalue weighted by Gasteiger charge is -2.09. The molecule has 1 aromatic carbocycles. The van der Waals surface area contributed by atoms with Gasteiger partial charge in [0.05, 0.1) is 6.10 Å². The Kier molecular flexibility index (Phi) is 3.01. The second-order valence-corrected chi connectivity index (χ2v) is 4.29. The van der Waals surface area contributed by atoms with E-state index >= 15 is 0 Å². The number of hydrogen-bond donors (Lipinski definition) is 2. The van der Waals surface area contributed by atoms with Crippen LogP contribution in [0.25, 0.3) is 10.9 Å². The molecule has 2 aromatic rings. The van der Waals surface area contributed by atoms with Gasteiger partial charge in [0.25, 0.3) is 0 Å². The minimum Gasteiger partial charge on any atom is -0.388 e. The number of aliphatic hydroxyl groups excluding tert-OH is 1. The Morgan fingerprint density at radius 1 is 1.31 bits per heavy atom. The van der Waals surface area contributed by atoms with Gasteiger partial charge in [0.15, 0.2) is 0 Å². The van der Waals surface area contributed by atoms with E-state index in [9.17, 15) is 5.11 Å². The van der Waals surface area contributed by atoms with Crippen molar-refractivity contribution in [3.05, 3.63) is 35.0 Å². The van der Waals surface area contributed by atoms with Crippen LogP contribution in [-0.4, -0.2) is 10.1 Å². The molecule has 16 heavy (non-hydrogen) atoms. The van der Waals surface area contributed by atoms with Crippen molar-refractivity contribution >= 4 is 10.9 Å². The molecule has 2 rings (SSSR count). The fourth-order valence-electron chi connectivity index (χ4n) is 2.30. The number of aromatic amines is 1. The summed E-state index contributed by atoms with van der Waals surface area (Å²) in [6.07, 6.45) is 1.33. The van der Waals surface area contributed by atoms with Crippen LogP contribution < -0.4 is 0 Å². The molecule has 1 heterocycles. The Hall–Kier alpha value is -1.28. The third kappa shape index (κ3) is 1.63.